The van der Waals surface area contributed by atoms with Crippen LogP contribution in [0.1, 0.15) is 30.1 Å². The topological polar surface area (TPSA) is 89.4 Å². The van der Waals surface area contributed by atoms with Gasteiger partial charge in [0.2, 0.25) is 0 Å². The molecule has 0 saturated heterocycles. The number of non-ortho nitro benzene ring substituents is 1. The summed E-state index contributed by atoms with van der Waals surface area (Å²) < 4.78 is 0. The summed E-state index contributed by atoms with van der Waals surface area (Å²) in [6.07, 6.45) is 0.398. The van der Waals surface area contributed by atoms with E-state index in [-0.39, 0.29) is 11.7 Å². The summed E-state index contributed by atoms with van der Waals surface area (Å²) in [7, 11) is 0. The predicted octanol–water partition coefficient (Wildman–Crippen LogP) is 2.79. The summed E-state index contributed by atoms with van der Waals surface area (Å²) in [5.74, 6) is 5.91. The molecule has 5 nitrogen and oxygen atoms in total. The number of hydrogen-bond donors (Lipinski definition) is 2. The van der Waals surface area contributed by atoms with Gasteiger partial charge in [-0.05, 0) is 24.1 Å². The van der Waals surface area contributed by atoms with Crippen LogP contribution in [0.3, 0.4) is 0 Å². The lowest BCUT2D eigenvalue weighted by atomic mass is 9.99. The molecule has 2 atom stereocenters. The molecule has 0 saturated carbocycles. The van der Waals surface area contributed by atoms with Crippen LogP contribution >= 0.6 is 0 Å². The molecule has 0 bridgehead atoms. The van der Waals surface area contributed by atoms with Crippen molar-refractivity contribution < 1.29 is 10.0 Å². The zero-order valence-corrected chi connectivity index (χ0v) is 12.6. The quantitative estimate of drug-likeness (QED) is 0.505. The second-order valence-electron chi connectivity index (χ2n) is 5.16. The molecule has 0 aliphatic heterocycles. The molecular weight excluding hydrogens is 292 g/mol. The van der Waals surface area contributed by atoms with E-state index in [9.17, 15) is 15.2 Å². The molecule has 5 heteroatoms. The van der Waals surface area contributed by atoms with Gasteiger partial charge in [0.15, 0.2) is 0 Å². The summed E-state index contributed by atoms with van der Waals surface area (Å²) in [6.45, 7) is 0. The fourth-order valence-electron chi connectivity index (χ4n) is 2.13. The Balaban J connectivity index is 1.86. The van der Waals surface area contributed by atoms with Crippen LogP contribution in [0.2, 0.25) is 0 Å². The molecule has 2 aromatic carbocycles. The lowest BCUT2D eigenvalue weighted by molar-refractivity contribution is -0.384. The zero-order chi connectivity index (χ0) is 16.7. The minimum atomic E-state index is -0.711. The summed E-state index contributed by atoms with van der Waals surface area (Å²) in [4.78, 5) is 10.1. The standard InChI is InChI=1S/C18H18N2O3/c19-17(18(21)15-7-2-1-3-8-15)9-5-4-6-14-10-12-16(13-11-14)20(22)23/h1-3,7-8,10-13,17-18,21H,5,9,19H2/t17-,18-/m0/s1. The van der Waals surface area contributed by atoms with E-state index in [0.717, 1.165) is 5.56 Å². The van der Waals surface area contributed by atoms with Gasteiger partial charge in [-0.15, -0.1) is 0 Å². The number of aliphatic hydroxyl groups excluding tert-OH is 1. The van der Waals surface area contributed by atoms with Gasteiger partial charge < -0.3 is 10.8 Å². The Labute approximate surface area is 134 Å². The van der Waals surface area contributed by atoms with Gasteiger partial charge in [0, 0.05) is 30.2 Å². The summed E-state index contributed by atoms with van der Waals surface area (Å²) in [5, 5.41) is 20.7. The molecule has 0 amide bonds. The number of rotatable bonds is 5. The number of nitro benzene ring substituents is 1. The Hall–Kier alpha value is -2.68. The number of nitro groups is 1. The van der Waals surface area contributed by atoms with Crippen LogP contribution in [0.5, 0.6) is 0 Å². The number of nitrogens with zero attached hydrogens (tertiary/aromatic N) is 1. The van der Waals surface area contributed by atoms with E-state index < -0.39 is 11.0 Å². The highest BCUT2D eigenvalue weighted by molar-refractivity contribution is 5.41. The Morgan fingerprint density at radius 2 is 1.78 bits per heavy atom. The SMILES string of the molecule is N[C@@H](CCC#Cc1ccc([N+](=O)[O-])cc1)[C@@H](O)c1ccccc1. The number of benzene rings is 2. The number of aliphatic hydroxyl groups is 1. The van der Waals surface area contributed by atoms with Crippen molar-refractivity contribution in [3.05, 3.63) is 75.8 Å². The first-order valence-corrected chi connectivity index (χ1v) is 7.30. The van der Waals surface area contributed by atoms with E-state index in [0.29, 0.717) is 18.4 Å². The van der Waals surface area contributed by atoms with Crippen LogP contribution in [-0.2, 0) is 0 Å². The van der Waals surface area contributed by atoms with Crippen molar-refractivity contribution in [2.75, 3.05) is 0 Å². The van der Waals surface area contributed by atoms with Crippen molar-refractivity contribution in [1.29, 1.82) is 0 Å². The van der Waals surface area contributed by atoms with Crippen LogP contribution in [0, 0.1) is 22.0 Å². The summed E-state index contributed by atoms with van der Waals surface area (Å²) >= 11 is 0. The third kappa shape index (κ3) is 4.92. The minimum absolute atomic E-state index is 0.0450. The first-order chi connectivity index (χ1) is 11.1. The van der Waals surface area contributed by atoms with E-state index in [4.69, 9.17) is 5.73 Å². The van der Waals surface area contributed by atoms with Crippen molar-refractivity contribution in [3.8, 4) is 11.8 Å². The molecule has 0 aromatic heterocycles. The second-order valence-corrected chi connectivity index (χ2v) is 5.16. The van der Waals surface area contributed by atoms with E-state index in [1.54, 1.807) is 12.1 Å². The van der Waals surface area contributed by atoms with E-state index >= 15 is 0 Å². The molecule has 0 unspecified atom stereocenters. The fraction of sp³-hybridized carbons (Fsp3) is 0.222. The molecule has 3 N–H and O–H groups in total. The van der Waals surface area contributed by atoms with Crippen molar-refractivity contribution in [2.45, 2.75) is 25.0 Å². The average molecular weight is 310 g/mol. The van der Waals surface area contributed by atoms with Gasteiger partial charge in [-0.2, -0.15) is 0 Å². The fourth-order valence-corrected chi connectivity index (χ4v) is 2.13. The highest BCUT2D eigenvalue weighted by Crippen LogP contribution is 2.17. The van der Waals surface area contributed by atoms with E-state index in [1.807, 2.05) is 30.3 Å². The monoisotopic (exact) mass is 310 g/mol. The van der Waals surface area contributed by atoms with Crippen molar-refractivity contribution >= 4 is 5.69 Å². The summed E-state index contributed by atoms with van der Waals surface area (Å²) in [6, 6.07) is 15.0. The molecule has 118 valence electrons. The maximum atomic E-state index is 10.6. The second kappa shape index (κ2) is 8.08. The van der Waals surface area contributed by atoms with E-state index in [1.165, 1.54) is 12.1 Å². The summed E-state index contributed by atoms with van der Waals surface area (Å²) in [5.41, 5.74) is 7.54. The lowest BCUT2D eigenvalue weighted by Crippen LogP contribution is -2.28. The van der Waals surface area contributed by atoms with Gasteiger partial charge in [-0.3, -0.25) is 10.1 Å². The van der Waals surface area contributed by atoms with Crippen LogP contribution in [0.4, 0.5) is 5.69 Å². The Kier molecular flexibility index (Phi) is 5.87. The number of hydrogen-bond acceptors (Lipinski definition) is 4. The predicted molar refractivity (Wildman–Crippen MR) is 88.6 cm³/mol. The minimum Gasteiger partial charge on any atom is -0.387 e. The third-order valence-corrected chi connectivity index (χ3v) is 3.46. The number of nitrogens with two attached hydrogens (primary N) is 1. The molecule has 0 aliphatic carbocycles. The molecule has 0 heterocycles. The highest BCUT2D eigenvalue weighted by Gasteiger charge is 2.15. The molecular formula is C18H18N2O3. The molecule has 2 aromatic rings. The average Bonchev–Trinajstić information content (AvgIpc) is 2.59. The van der Waals surface area contributed by atoms with Crippen LogP contribution in [0.25, 0.3) is 0 Å². The van der Waals surface area contributed by atoms with Gasteiger partial charge in [-0.1, -0.05) is 42.2 Å². The van der Waals surface area contributed by atoms with Crippen LogP contribution in [-0.4, -0.2) is 16.1 Å². The highest BCUT2D eigenvalue weighted by atomic mass is 16.6. The van der Waals surface area contributed by atoms with Crippen molar-refractivity contribution in [2.24, 2.45) is 5.73 Å². The van der Waals surface area contributed by atoms with E-state index in [2.05, 4.69) is 11.8 Å². The maximum Gasteiger partial charge on any atom is 0.269 e. The molecule has 0 fully saturated rings. The maximum absolute atomic E-state index is 10.6. The lowest BCUT2D eigenvalue weighted by Gasteiger charge is -2.18. The largest absolute Gasteiger partial charge is 0.387 e. The molecule has 0 aliphatic rings. The first-order valence-electron chi connectivity index (χ1n) is 7.30. The van der Waals surface area contributed by atoms with Gasteiger partial charge in [0.05, 0.1) is 11.0 Å². The Bertz CT molecular complexity index is 703. The van der Waals surface area contributed by atoms with Crippen LogP contribution < -0.4 is 5.73 Å². The normalized spacial score (nSPS) is 12.8. The van der Waals surface area contributed by atoms with Gasteiger partial charge >= 0.3 is 0 Å². The Morgan fingerprint density at radius 1 is 1.13 bits per heavy atom. The first kappa shape index (κ1) is 16.7. The Morgan fingerprint density at radius 3 is 2.39 bits per heavy atom. The van der Waals surface area contributed by atoms with Crippen LogP contribution in [0.15, 0.2) is 54.6 Å². The molecule has 23 heavy (non-hydrogen) atoms. The smallest absolute Gasteiger partial charge is 0.269 e. The molecule has 0 radical (unpaired) electrons. The third-order valence-electron chi connectivity index (χ3n) is 3.46. The van der Waals surface area contributed by atoms with Crippen molar-refractivity contribution in [1.82, 2.24) is 0 Å². The zero-order valence-electron chi connectivity index (χ0n) is 12.6. The molecule has 0 spiro atoms. The van der Waals surface area contributed by atoms with Crippen molar-refractivity contribution in [3.63, 3.8) is 0 Å². The van der Waals surface area contributed by atoms with Gasteiger partial charge in [-0.25, -0.2) is 0 Å². The molecule has 2 rings (SSSR count). The van der Waals surface area contributed by atoms with Gasteiger partial charge in [0.25, 0.3) is 5.69 Å². The van der Waals surface area contributed by atoms with Gasteiger partial charge in [0.1, 0.15) is 0 Å².